The number of carbonyl (C=O) groups is 1. The predicted octanol–water partition coefficient (Wildman–Crippen LogP) is 4.24. The Bertz CT molecular complexity index is 838. The monoisotopic (exact) mass is 363 g/mol. The van der Waals surface area contributed by atoms with Crippen LogP contribution in [0.15, 0.2) is 36.4 Å². The summed E-state index contributed by atoms with van der Waals surface area (Å²) in [6, 6.07) is 8.26. The SMILES string of the molecule is O=C(Nc1cc(N2CCCC2)c([N+](=O)[O-])cc1Cl)c1ccccc1F. The number of benzene rings is 2. The molecule has 1 heterocycles. The molecule has 1 fully saturated rings. The van der Waals surface area contributed by atoms with E-state index in [1.807, 2.05) is 4.90 Å². The van der Waals surface area contributed by atoms with Crippen molar-refractivity contribution in [2.24, 2.45) is 0 Å². The van der Waals surface area contributed by atoms with Crippen LogP contribution >= 0.6 is 11.6 Å². The molecule has 0 saturated carbocycles. The predicted molar refractivity (Wildman–Crippen MR) is 93.9 cm³/mol. The molecule has 0 radical (unpaired) electrons. The highest BCUT2D eigenvalue weighted by Crippen LogP contribution is 2.38. The molecule has 130 valence electrons. The number of carbonyl (C=O) groups excluding carboxylic acids is 1. The topological polar surface area (TPSA) is 75.5 Å². The molecule has 1 aliphatic rings. The number of hydrogen-bond donors (Lipinski definition) is 1. The first-order valence-electron chi connectivity index (χ1n) is 7.76. The Morgan fingerprint density at radius 3 is 2.56 bits per heavy atom. The maximum atomic E-state index is 13.7. The van der Waals surface area contributed by atoms with Gasteiger partial charge in [-0.15, -0.1) is 0 Å². The van der Waals surface area contributed by atoms with Crippen LogP contribution < -0.4 is 10.2 Å². The van der Waals surface area contributed by atoms with Crippen molar-refractivity contribution in [3.63, 3.8) is 0 Å². The van der Waals surface area contributed by atoms with Gasteiger partial charge in [0.25, 0.3) is 11.6 Å². The number of nitrogens with zero attached hydrogens (tertiary/aromatic N) is 2. The second-order valence-corrected chi connectivity index (χ2v) is 6.11. The van der Waals surface area contributed by atoms with Crippen molar-refractivity contribution in [2.75, 3.05) is 23.3 Å². The summed E-state index contributed by atoms with van der Waals surface area (Å²) in [6.45, 7) is 1.40. The van der Waals surface area contributed by atoms with E-state index in [9.17, 15) is 19.3 Å². The lowest BCUT2D eigenvalue weighted by atomic mass is 10.1. The molecule has 0 aromatic heterocycles. The fourth-order valence-corrected chi connectivity index (χ4v) is 3.04. The van der Waals surface area contributed by atoms with Crippen LogP contribution in [0.2, 0.25) is 5.02 Å². The van der Waals surface area contributed by atoms with E-state index in [1.165, 1.54) is 30.3 Å². The fraction of sp³-hybridized carbons (Fsp3) is 0.235. The number of halogens is 2. The van der Waals surface area contributed by atoms with Crippen molar-refractivity contribution in [3.05, 3.63) is 62.9 Å². The number of nitro groups is 1. The Hall–Kier alpha value is -2.67. The molecule has 25 heavy (non-hydrogen) atoms. The van der Waals surface area contributed by atoms with Gasteiger partial charge in [0.2, 0.25) is 0 Å². The van der Waals surface area contributed by atoms with E-state index < -0.39 is 16.6 Å². The van der Waals surface area contributed by atoms with Gasteiger partial charge in [0.1, 0.15) is 11.5 Å². The minimum Gasteiger partial charge on any atom is -0.366 e. The van der Waals surface area contributed by atoms with Gasteiger partial charge in [-0.05, 0) is 31.0 Å². The van der Waals surface area contributed by atoms with Crippen LogP contribution in [0.25, 0.3) is 0 Å². The van der Waals surface area contributed by atoms with Crippen molar-refractivity contribution in [3.8, 4) is 0 Å². The Kier molecular flexibility index (Phi) is 4.85. The quantitative estimate of drug-likeness (QED) is 0.651. The van der Waals surface area contributed by atoms with E-state index in [0.717, 1.165) is 12.8 Å². The van der Waals surface area contributed by atoms with E-state index in [4.69, 9.17) is 11.6 Å². The number of hydrogen-bond acceptors (Lipinski definition) is 4. The molecule has 2 aromatic carbocycles. The lowest BCUT2D eigenvalue weighted by Crippen LogP contribution is -2.20. The Morgan fingerprint density at radius 2 is 1.92 bits per heavy atom. The minimum atomic E-state index is -0.666. The van der Waals surface area contributed by atoms with E-state index in [0.29, 0.717) is 18.8 Å². The minimum absolute atomic E-state index is 0.0272. The Morgan fingerprint density at radius 1 is 1.24 bits per heavy atom. The molecular formula is C17H15ClFN3O3. The normalized spacial score (nSPS) is 13.8. The maximum Gasteiger partial charge on any atom is 0.294 e. The standard InChI is InChI=1S/C17H15ClFN3O3/c18-12-9-16(22(24)25)15(21-7-3-4-8-21)10-14(12)20-17(23)11-5-1-2-6-13(11)19/h1-2,5-6,9-10H,3-4,7-8H2,(H,20,23). The highest BCUT2D eigenvalue weighted by Gasteiger charge is 2.25. The van der Waals surface area contributed by atoms with Gasteiger partial charge in [-0.2, -0.15) is 0 Å². The third-order valence-corrected chi connectivity index (χ3v) is 4.39. The van der Waals surface area contributed by atoms with Crippen LogP contribution in [-0.4, -0.2) is 23.9 Å². The van der Waals surface area contributed by atoms with Gasteiger partial charge in [0.05, 0.1) is 21.2 Å². The first-order chi connectivity index (χ1) is 12.0. The van der Waals surface area contributed by atoms with Gasteiger partial charge in [-0.3, -0.25) is 14.9 Å². The molecule has 0 atom stereocenters. The molecule has 1 aliphatic heterocycles. The average molecular weight is 364 g/mol. The van der Waals surface area contributed by atoms with Gasteiger partial charge < -0.3 is 10.2 Å². The summed E-state index contributed by atoms with van der Waals surface area (Å²) >= 11 is 6.09. The van der Waals surface area contributed by atoms with Gasteiger partial charge in [0.15, 0.2) is 0 Å². The van der Waals surface area contributed by atoms with Gasteiger partial charge >= 0.3 is 0 Å². The fourth-order valence-electron chi connectivity index (χ4n) is 2.84. The zero-order valence-corrected chi connectivity index (χ0v) is 13.9. The van der Waals surface area contributed by atoms with Crippen molar-refractivity contribution in [2.45, 2.75) is 12.8 Å². The molecule has 1 saturated heterocycles. The molecule has 8 heteroatoms. The van der Waals surface area contributed by atoms with Gasteiger partial charge in [-0.1, -0.05) is 23.7 Å². The van der Waals surface area contributed by atoms with Crippen LogP contribution in [0.3, 0.4) is 0 Å². The van der Waals surface area contributed by atoms with Crippen LogP contribution in [0, 0.1) is 15.9 Å². The molecule has 0 spiro atoms. The Labute approximate surface area is 148 Å². The summed E-state index contributed by atoms with van der Waals surface area (Å²) in [4.78, 5) is 25.0. The number of nitrogens with one attached hydrogen (secondary N) is 1. The number of rotatable bonds is 4. The molecule has 1 N–H and O–H groups in total. The zero-order valence-electron chi connectivity index (χ0n) is 13.2. The van der Waals surface area contributed by atoms with E-state index in [1.54, 1.807) is 6.07 Å². The van der Waals surface area contributed by atoms with E-state index in [2.05, 4.69) is 5.32 Å². The van der Waals surface area contributed by atoms with Gasteiger partial charge in [-0.25, -0.2) is 4.39 Å². The lowest BCUT2D eigenvalue weighted by Gasteiger charge is -2.19. The molecule has 6 nitrogen and oxygen atoms in total. The van der Waals surface area contributed by atoms with Crippen molar-refractivity contribution in [1.82, 2.24) is 0 Å². The first-order valence-corrected chi connectivity index (χ1v) is 8.14. The number of nitro benzene ring substituents is 1. The van der Waals surface area contributed by atoms with Crippen LogP contribution in [0.1, 0.15) is 23.2 Å². The summed E-state index contributed by atoms with van der Waals surface area (Å²) in [6.07, 6.45) is 1.88. The summed E-state index contributed by atoms with van der Waals surface area (Å²) < 4.78 is 13.7. The van der Waals surface area contributed by atoms with Crippen LogP contribution in [0.4, 0.5) is 21.5 Å². The number of amides is 1. The van der Waals surface area contributed by atoms with E-state index >= 15 is 0 Å². The third-order valence-electron chi connectivity index (χ3n) is 4.07. The molecule has 1 amide bonds. The highest BCUT2D eigenvalue weighted by atomic mass is 35.5. The first kappa shape index (κ1) is 17.2. The Balaban J connectivity index is 1.96. The summed E-state index contributed by atoms with van der Waals surface area (Å²) in [5.41, 5.74) is 0.369. The molecule has 3 rings (SSSR count). The molecule has 0 bridgehead atoms. The molecular weight excluding hydrogens is 349 g/mol. The lowest BCUT2D eigenvalue weighted by molar-refractivity contribution is -0.384. The summed E-state index contributed by atoms with van der Waals surface area (Å²) in [5.74, 6) is -1.32. The molecule has 0 unspecified atom stereocenters. The third kappa shape index (κ3) is 3.56. The summed E-state index contributed by atoms with van der Waals surface area (Å²) in [5, 5.41) is 13.9. The van der Waals surface area contributed by atoms with Crippen molar-refractivity contribution in [1.29, 1.82) is 0 Å². The number of anilines is 2. The average Bonchev–Trinajstić information content (AvgIpc) is 3.10. The highest BCUT2D eigenvalue weighted by molar-refractivity contribution is 6.34. The molecule has 0 aliphatic carbocycles. The zero-order chi connectivity index (χ0) is 18.0. The van der Waals surface area contributed by atoms with Crippen LogP contribution in [-0.2, 0) is 0 Å². The van der Waals surface area contributed by atoms with E-state index in [-0.39, 0.29) is 22.0 Å². The van der Waals surface area contributed by atoms with Crippen molar-refractivity contribution >= 4 is 34.6 Å². The smallest absolute Gasteiger partial charge is 0.294 e. The van der Waals surface area contributed by atoms with Gasteiger partial charge in [0, 0.05) is 19.2 Å². The van der Waals surface area contributed by atoms with Crippen molar-refractivity contribution < 1.29 is 14.1 Å². The largest absolute Gasteiger partial charge is 0.366 e. The summed E-state index contributed by atoms with van der Waals surface area (Å²) in [7, 11) is 0. The second kappa shape index (κ2) is 7.06. The van der Waals surface area contributed by atoms with Crippen LogP contribution in [0.5, 0.6) is 0 Å². The second-order valence-electron chi connectivity index (χ2n) is 5.71. The molecule has 2 aromatic rings. The maximum absolute atomic E-state index is 13.7.